The fourth-order valence-electron chi connectivity index (χ4n) is 1.41. The number of carbonyl (C=O) groups is 2. The maximum absolute atomic E-state index is 11.7. The molecule has 0 spiro atoms. The molecule has 0 aliphatic heterocycles. The summed E-state index contributed by atoms with van der Waals surface area (Å²) in [7, 11) is -4.39. The fourth-order valence-corrected chi connectivity index (χ4v) is 1.67. The maximum atomic E-state index is 11.7. The molecule has 114 valence electrons. The number of hydrogen-bond acceptors (Lipinski definition) is 6. The van der Waals surface area contributed by atoms with Gasteiger partial charge in [-0.05, 0) is 13.3 Å². The Morgan fingerprint density at radius 3 is 2.40 bits per heavy atom. The predicted octanol–water partition coefficient (Wildman–Crippen LogP) is 0.753. The van der Waals surface area contributed by atoms with Crippen molar-refractivity contribution in [3.63, 3.8) is 0 Å². The summed E-state index contributed by atoms with van der Waals surface area (Å²) >= 11 is 0. The quantitative estimate of drug-likeness (QED) is 0.304. The average molecular weight is 321 g/mol. The van der Waals surface area contributed by atoms with Crippen LogP contribution in [0, 0.1) is 5.92 Å². The van der Waals surface area contributed by atoms with Crippen LogP contribution in [0.3, 0.4) is 0 Å². The van der Waals surface area contributed by atoms with Crippen molar-refractivity contribution in [2.45, 2.75) is 32.8 Å². The van der Waals surface area contributed by atoms with Gasteiger partial charge in [0.1, 0.15) is 6.10 Å². The molecule has 0 bridgehead atoms. The number of carbonyl (C=O) groups excluding carboxylic acids is 2. The Kier molecular flexibility index (Phi) is 11.0. The van der Waals surface area contributed by atoms with Gasteiger partial charge in [-0.2, -0.15) is 8.42 Å². The Labute approximate surface area is 137 Å². The summed E-state index contributed by atoms with van der Waals surface area (Å²) in [4.78, 5) is 22.7. The monoisotopic (exact) mass is 320 g/mol. The van der Waals surface area contributed by atoms with Crippen molar-refractivity contribution in [1.29, 1.82) is 0 Å². The van der Waals surface area contributed by atoms with E-state index in [-0.39, 0.29) is 25.9 Å². The molecule has 1 N–H and O–H groups in total. The van der Waals surface area contributed by atoms with E-state index in [1.807, 2.05) is 6.92 Å². The van der Waals surface area contributed by atoms with E-state index in [1.165, 1.54) is 6.92 Å². The van der Waals surface area contributed by atoms with Crippen LogP contribution in [-0.4, -0.2) is 60.0 Å². The van der Waals surface area contributed by atoms with Crippen molar-refractivity contribution < 1.29 is 34.9 Å². The second-order valence-electron chi connectivity index (χ2n) is 3.90. The van der Waals surface area contributed by atoms with E-state index in [0.29, 0.717) is 12.8 Å². The third kappa shape index (κ3) is 9.29. The van der Waals surface area contributed by atoms with E-state index in [2.05, 4.69) is 11.3 Å². The Morgan fingerprint density at radius 2 is 2.00 bits per heavy atom. The minimum atomic E-state index is -4.39. The second-order valence-corrected chi connectivity index (χ2v) is 5.30. The summed E-state index contributed by atoms with van der Waals surface area (Å²) in [5.74, 6) is -3.44. The van der Waals surface area contributed by atoms with E-state index in [0.717, 1.165) is 6.08 Å². The molecule has 0 rings (SSSR count). The third-order valence-corrected chi connectivity index (χ3v) is 2.70. The van der Waals surface area contributed by atoms with Gasteiger partial charge in [-0.25, -0.2) is 4.79 Å². The van der Waals surface area contributed by atoms with Crippen LogP contribution in [0.5, 0.6) is 0 Å². The molecule has 0 aromatic carbocycles. The first-order valence-electron chi connectivity index (χ1n) is 5.66. The molecule has 0 radical (unpaired) electrons. The first-order valence-corrected chi connectivity index (χ1v) is 7.27. The Balaban J connectivity index is -0.000000540. The van der Waals surface area contributed by atoms with Gasteiger partial charge >= 0.3 is 45.1 Å². The molecule has 9 heteroatoms. The first-order chi connectivity index (χ1) is 8.71. The SMILES string of the molecule is C=CC(=O)OC(C)C(CCC)C(=O)OCS(=O)(=O)O.[H-].[H-].[Mg+2]. The van der Waals surface area contributed by atoms with Crippen LogP contribution < -0.4 is 0 Å². The molecule has 0 aliphatic carbocycles. The largest absolute Gasteiger partial charge is 2.00 e. The number of hydrogen-bond donors (Lipinski definition) is 1. The van der Waals surface area contributed by atoms with Gasteiger partial charge < -0.3 is 12.3 Å². The van der Waals surface area contributed by atoms with Gasteiger partial charge in [-0.15, -0.1) is 0 Å². The van der Waals surface area contributed by atoms with Gasteiger partial charge in [0.15, 0.2) is 0 Å². The second kappa shape index (κ2) is 10.1. The van der Waals surface area contributed by atoms with Gasteiger partial charge in [-0.1, -0.05) is 19.9 Å². The Hall–Kier alpha value is -0.644. The smallest absolute Gasteiger partial charge is 1.00 e. The van der Waals surface area contributed by atoms with Gasteiger partial charge in [0, 0.05) is 6.08 Å². The van der Waals surface area contributed by atoms with Gasteiger partial charge in [0.05, 0.1) is 5.92 Å². The van der Waals surface area contributed by atoms with Crippen molar-refractivity contribution in [3.05, 3.63) is 12.7 Å². The van der Waals surface area contributed by atoms with Crippen molar-refractivity contribution in [2.75, 3.05) is 5.94 Å². The van der Waals surface area contributed by atoms with Crippen molar-refractivity contribution in [3.8, 4) is 0 Å². The first kappa shape index (κ1) is 21.7. The zero-order chi connectivity index (χ0) is 15.1. The standard InChI is InChI=1S/C11H18O7S.Mg.2H/c1-4-6-9(8(3)18-10(12)5-2)11(13)17-7-19(14,15)16;;;/h5,8-9H,2,4,6-7H2,1,3H3,(H,14,15,16);;;/q;+2;2*-1. The molecule has 0 heterocycles. The van der Waals surface area contributed by atoms with Crippen molar-refractivity contribution >= 4 is 45.1 Å². The maximum Gasteiger partial charge on any atom is 2.00 e. The van der Waals surface area contributed by atoms with Crippen LogP contribution in [0.2, 0.25) is 0 Å². The molecule has 2 atom stereocenters. The summed E-state index contributed by atoms with van der Waals surface area (Å²) in [5.41, 5.74) is 0. The molecule has 0 aliphatic rings. The van der Waals surface area contributed by atoms with Gasteiger partial charge in [-0.3, -0.25) is 9.35 Å². The topological polar surface area (TPSA) is 107 Å². The van der Waals surface area contributed by atoms with Crippen molar-refractivity contribution in [1.82, 2.24) is 0 Å². The summed E-state index contributed by atoms with van der Waals surface area (Å²) in [5, 5.41) is 0. The van der Waals surface area contributed by atoms with Gasteiger partial charge in [0.25, 0.3) is 0 Å². The molecule has 7 nitrogen and oxygen atoms in total. The molecule has 0 aromatic heterocycles. The fraction of sp³-hybridized carbons (Fsp3) is 0.636. The predicted molar refractivity (Wildman–Crippen MR) is 74.6 cm³/mol. The summed E-state index contributed by atoms with van der Waals surface area (Å²) < 4.78 is 38.8. The molecule has 0 saturated carbocycles. The minimum absolute atomic E-state index is 0. The van der Waals surface area contributed by atoms with Crippen LogP contribution in [0.25, 0.3) is 0 Å². The number of esters is 2. The van der Waals surface area contributed by atoms with Crippen LogP contribution in [0.15, 0.2) is 12.7 Å². The van der Waals surface area contributed by atoms with E-state index < -0.39 is 40.0 Å². The number of ether oxygens (including phenoxy) is 2. The van der Waals surface area contributed by atoms with Crippen LogP contribution >= 0.6 is 0 Å². The van der Waals surface area contributed by atoms with E-state index in [9.17, 15) is 18.0 Å². The normalized spacial score (nSPS) is 13.6. The molecule has 0 fully saturated rings. The average Bonchev–Trinajstić information content (AvgIpc) is 2.31. The summed E-state index contributed by atoms with van der Waals surface area (Å²) in [6, 6.07) is 0. The van der Waals surface area contributed by atoms with E-state index >= 15 is 0 Å². The molecular weight excluding hydrogens is 300 g/mol. The zero-order valence-corrected chi connectivity index (χ0v) is 13.8. The molecular formula is C11H20MgO7S. The Bertz CT molecular complexity index is 442. The van der Waals surface area contributed by atoms with Crippen LogP contribution in [-0.2, 0) is 29.2 Å². The minimum Gasteiger partial charge on any atom is -1.00 e. The number of rotatable bonds is 8. The zero-order valence-electron chi connectivity index (χ0n) is 13.6. The molecule has 2 unspecified atom stereocenters. The summed E-state index contributed by atoms with van der Waals surface area (Å²) in [6.45, 7) is 6.54. The molecule has 0 saturated heterocycles. The third-order valence-electron chi connectivity index (χ3n) is 2.29. The van der Waals surface area contributed by atoms with E-state index in [1.54, 1.807) is 0 Å². The van der Waals surface area contributed by atoms with Crippen molar-refractivity contribution in [2.24, 2.45) is 5.92 Å². The summed E-state index contributed by atoms with van der Waals surface area (Å²) in [6.07, 6.45) is 1.15. The molecule has 0 amide bonds. The van der Waals surface area contributed by atoms with Crippen LogP contribution in [0.4, 0.5) is 0 Å². The van der Waals surface area contributed by atoms with Crippen LogP contribution in [0.1, 0.15) is 29.5 Å². The van der Waals surface area contributed by atoms with Gasteiger partial charge in [0.2, 0.25) is 5.94 Å². The Morgan fingerprint density at radius 1 is 1.45 bits per heavy atom. The molecule has 20 heavy (non-hydrogen) atoms. The molecule has 0 aromatic rings. The van der Waals surface area contributed by atoms with E-state index in [4.69, 9.17) is 9.29 Å².